The van der Waals surface area contributed by atoms with Crippen molar-refractivity contribution in [2.24, 2.45) is 0 Å². The number of carbonyl (C=O) groups excluding carboxylic acids is 1. The minimum absolute atomic E-state index is 0.157. The molecule has 1 aliphatic rings. The van der Waals surface area contributed by atoms with E-state index < -0.39 is 0 Å². The summed E-state index contributed by atoms with van der Waals surface area (Å²) in [5.41, 5.74) is 2.05. The number of benzene rings is 1. The predicted octanol–water partition coefficient (Wildman–Crippen LogP) is 2.10. The molecular weight excluding hydrogens is 292 g/mol. The van der Waals surface area contributed by atoms with E-state index in [0.29, 0.717) is 12.4 Å². The average molecular weight is 314 g/mol. The summed E-state index contributed by atoms with van der Waals surface area (Å²) in [5, 5.41) is 17.6. The van der Waals surface area contributed by atoms with Gasteiger partial charge in [0.15, 0.2) is 5.82 Å². The standard InChI is InChI=1S/C16H22N6O/c1-12-7-9-14(10-8-12)22-15(19-20-21-22)11-17-16(23)18-13-5-3-2-4-6-13/h7-10,13H,2-6,11H2,1H3,(H2,17,18,23). The monoisotopic (exact) mass is 314 g/mol. The van der Waals surface area contributed by atoms with Gasteiger partial charge in [0.2, 0.25) is 0 Å². The summed E-state index contributed by atoms with van der Waals surface area (Å²) in [5.74, 6) is 0.604. The smallest absolute Gasteiger partial charge is 0.315 e. The van der Waals surface area contributed by atoms with Crippen LogP contribution in [0.25, 0.3) is 5.69 Å². The summed E-state index contributed by atoms with van der Waals surface area (Å²) >= 11 is 0. The Morgan fingerprint density at radius 3 is 2.70 bits per heavy atom. The minimum atomic E-state index is -0.157. The van der Waals surface area contributed by atoms with Gasteiger partial charge in [-0.15, -0.1) is 5.10 Å². The van der Waals surface area contributed by atoms with Crippen molar-refractivity contribution in [3.63, 3.8) is 0 Å². The number of carbonyl (C=O) groups is 1. The Balaban J connectivity index is 1.57. The first kappa shape index (κ1) is 15.5. The van der Waals surface area contributed by atoms with Crippen LogP contribution in [0.4, 0.5) is 4.79 Å². The van der Waals surface area contributed by atoms with Gasteiger partial charge in [-0.25, -0.2) is 4.79 Å². The Bertz CT molecular complexity index is 645. The molecule has 1 saturated carbocycles. The number of amides is 2. The van der Waals surface area contributed by atoms with E-state index in [1.807, 2.05) is 31.2 Å². The average Bonchev–Trinajstić information content (AvgIpc) is 3.03. The lowest BCUT2D eigenvalue weighted by Crippen LogP contribution is -2.42. The highest BCUT2D eigenvalue weighted by atomic mass is 16.2. The maximum atomic E-state index is 12.0. The number of nitrogens with zero attached hydrogens (tertiary/aromatic N) is 4. The number of aryl methyl sites for hydroxylation is 1. The van der Waals surface area contributed by atoms with Crippen molar-refractivity contribution in [1.82, 2.24) is 30.8 Å². The number of nitrogens with one attached hydrogen (secondary N) is 2. The Hall–Kier alpha value is -2.44. The van der Waals surface area contributed by atoms with E-state index in [1.54, 1.807) is 4.68 Å². The molecular formula is C16H22N6O. The van der Waals surface area contributed by atoms with Crippen molar-refractivity contribution in [2.45, 2.75) is 51.6 Å². The van der Waals surface area contributed by atoms with Gasteiger partial charge in [0.25, 0.3) is 0 Å². The van der Waals surface area contributed by atoms with Crippen molar-refractivity contribution in [1.29, 1.82) is 0 Å². The lowest BCUT2D eigenvalue weighted by Gasteiger charge is -2.22. The van der Waals surface area contributed by atoms with E-state index >= 15 is 0 Å². The summed E-state index contributed by atoms with van der Waals surface area (Å²) in [7, 11) is 0. The SMILES string of the molecule is Cc1ccc(-n2nnnc2CNC(=O)NC2CCCCC2)cc1. The number of hydrogen-bond donors (Lipinski definition) is 2. The van der Waals surface area contributed by atoms with Crippen LogP contribution in [-0.4, -0.2) is 32.3 Å². The van der Waals surface area contributed by atoms with Crippen LogP contribution >= 0.6 is 0 Å². The van der Waals surface area contributed by atoms with Crippen molar-refractivity contribution < 1.29 is 4.79 Å². The van der Waals surface area contributed by atoms with E-state index in [2.05, 4.69) is 26.2 Å². The molecule has 7 nitrogen and oxygen atoms in total. The van der Waals surface area contributed by atoms with Crippen molar-refractivity contribution in [3.8, 4) is 5.69 Å². The fourth-order valence-electron chi connectivity index (χ4n) is 2.85. The third kappa shape index (κ3) is 4.06. The Kier molecular flexibility index (Phi) is 4.85. The molecule has 7 heteroatoms. The predicted molar refractivity (Wildman–Crippen MR) is 86.1 cm³/mol. The second kappa shape index (κ2) is 7.21. The van der Waals surface area contributed by atoms with Crippen molar-refractivity contribution in [2.75, 3.05) is 0 Å². The zero-order valence-corrected chi connectivity index (χ0v) is 13.3. The van der Waals surface area contributed by atoms with Crippen LogP contribution in [0.1, 0.15) is 43.5 Å². The quantitative estimate of drug-likeness (QED) is 0.905. The molecule has 1 fully saturated rings. The summed E-state index contributed by atoms with van der Waals surface area (Å²) in [4.78, 5) is 12.0. The van der Waals surface area contributed by atoms with Crippen molar-refractivity contribution in [3.05, 3.63) is 35.7 Å². The number of tetrazole rings is 1. The maximum Gasteiger partial charge on any atom is 0.315 e. The molecule has 2 amide bonds. The van der Waals surface area contributed by atoms with Gasteiger partial charge in [-0.05, 0) is 42.3 Å². The Labute approximate surface area is 135 Å². The number of rotatable bonds is 4. The molecule has 2 aromatic rings. The molecule has 0 atom stereocenters. The molecule has 1 aliphatic carbocycles. The van der Waals surface area contributed by atoms with Crippen LogP contribution in [-0.2, 0) is 6.54 Å². The molecule has 0 bridgehead atoms. The maximum absolute atomic E-state index is 12.0. The van der Waals surface area contributed by atoms with E-state index in [1.165, 1.54) is 24.8 Å². The molecule has 0 spiro atoms. The zero-order chi connectivity index (χ0) is 16.1. The molecule has 1 heterocycles. The van der Waals surface area contributed by atoms with Crippen LogP contribution in [0.15, 0.2) is 24.3 Å². The van der Waals surface area contributed by atoms with Gasteiger partial charge in [0.1, 0.15) is 0 Å². The molecule has 0 aliphatic heterocycles. The van der Waals surface area contributed by atoms with Crippen LogP contribution in [0, 0.1) is 6.92 Å². The second-order valence-corrected chi connectivity index (χ2v) is 6.00. The van der Waals surface area contributed by atoms with E-state index in [0.717, 1.165) is 18.5 Å². The number of urea groups is 1. The van der Waals surface area contributed by atoms with Gasteiger partial charge >= 0.3 is 6.03 Å². The fraction of sp³-hybridized carbons (Fsp3) is 0.500. The molecule has 3 rings (SSSR count). The van der Waals surface area contributed by atoms with E-state index in [4.69, 9.17) is 0 Å². The van der Waals surface area contributed by atoms with Crippen LogP contribution in [0.3, 0.4) is 0 Å². The molecule has 0 radical (unpaired) electrons. The van der Waals surface area contributed by atoms with Gasteiger partial charge in [-0.3, -0.25) is 0 Å². The molecule has 23 heavy (non-hydrogen) atoms. The topological polar surface area (TPSA) is 84.7 Å². The van der Waals surface area contributed by atoms with Crippen LogP contribution in [0.2, 0.25) is 0 Å². The second-order valence-electron chi connectivity index (χ2n) is 6.00. The molecule has 2 N–H and O–H groups in total. The summed E-state index contributed by atoms with van der Waals surface area (Å²) < 4.78 is 1.64. The lowest BCUT2D eigenvalue weighted by molar-refractivity contribution is 0.232. The minimum Gasteiger partial charge on any atom is -0.335 e. The molecule has 0 unspecified atom stereocenters. The van der Waals surface area contributed by atoms with E-state index in [9.17, 15) is 4.79 Å². The fourth-order valence-corrected chi connectivity index (χ4v) is 2.85. The largest absolute Gasteiger partial charge is 0.335 e. The van der Waals surface area contributed by atoms with Gasteiger partial charge in [0.05, 0.1) is 12.2 Å². The molecule has 1 aromatic heterocycles. The third-order valence-electron chi connectivity index (χ3n) is 4.16. The number of aromatic nitrogens is 4. The van der Waals surface area contributed by atoms with Crippen LogP contribution < -0.4 is 10.6 Å². The van der Waals surface area contributed by atoms with Gasteiger partial charge in [-0.1, -0.05) is 37.0 Å². The van der Waals surface area contributed by atoms with Crippen LogP contribution in [0.5, 0.6) is 0 Å². The Morgan fingerprint density at radius 2 is 1.96 bits per heavy atom. The molecule has 1 aromatic carbocycles. The first-order valence-electron chi connectivity index (χ1n) is 8.11. The van der Waals surface area contributed by atoms with Crippen molar-refractivity contribution >= 4 is 6.03 Å². The molecule has 0 saturated heterocycles. The molecule has 122 valence electrons. The normalized spacial score (nSPS) is 15.3. The third-order valence-corrected chi connectivity index (χ3v) is 4.16. The van der Waals surface area contributed by atoms with E-state index in [-0.39, 0.29) is 12.1 Å². The highest BCUT2D eigenvalue weighted by Gasteiger charge is 2.16. The summed E-state index contributed by atoms with van der Waals surface area (Å²) in [6.45, 7) is 2.32. The summed E-state index contributed by atoms with van der Waals surface area (Å²) in [6.07, 6.45) is 5.78. The number of hydrogen-bond acceptors (Lipinski definition) is 4. The van der Waals surface area contributed by atoms with Gasteiger partial charge in [0, 0.05) is 6.04 Å². The van der Waals surface area contributed by atoms with Gasteiger partial charge in [-0.2, -0.15) is 4.68 Å². The zero-order valence-electron chi connectivity index (χ0n) is 13.3. The first-order valence-corrected chi connectivity index (χ1v) is 8.11. The summed E-state index contributed by atoms with van der Waals surface area (Å²) in [6, 6.07) is 8.05. The Morgan fingerprint density at radius 1 is 1.22 bits per heavy atom. The van der Waals surface area contributed by atoms with Gasteiger partial charge < -0.3 is 10.6 Å². The highest BCUT2D eigenvalue weighted by Crippen LogP contribution is 2.17. The highest BCUT2D eigenvalue weighted by molar-refractivity contribution is 5.74. The lowest BCUT2D eigenvalue weighted by atomic mass is 9.96. The first-order chi connectivity index (χ1) is 11.2.